The molecule has 64 heavy (non-hydrogen) atoms. The number of piperidine rings is 1. The number of allylic oxidation sites excluding steroid dienone is 6. The number of hydrogen-bond acceptors (Lipinski definition) is 13. The lowest BCUT2D eigenvalue weighted by atomic mass is 9.78. The molecule has 3 heterocycles. The van der Waals surface area contributed by atoms with E-state index in [0.29, 0.717) is 63.4 Å². The zero-order valence-corrected chi connectivity index (χ0v) is 39.7. The fourth-order valence-electron chi connectivity index (χ4n) is 9.73. The van der Waals surface area contributed by atoms with Gasteiger partial charge in [-0.2, -0.15) is 0 Å². The fourth-order valence-corrected chi connectivity index (χ4v) is 9.73. The molecule has 0 aromatic heterocycles. The van der Waals surface area contributed by atoms with E-state index in [4.69, 9.17) is 23.7 Å². The maximum Gasteiger partial charge on any atom is 0.329 e. The lowest BCUT2D eigenvalue weighted by Gasteiger charge is -2.42. The Morgan fingerprint density at radius 2 is 1.58 bits per heavy atom. The van der Waals surface area contributed by atoms with Crippen LogP contribution in [0.25, 0.3) is 0 Å². The van der Waals surface area contributed by atoms with Crippen LogP contribution in [-0.2, 0) is 47.7 Å². The van der Waals surface area contributed by atoms with Crippen LogP contribution in [0, 0.1) is 29.6 Å². The van der Waals surface area contributed by atoms with Gasteiger partial charge in [0.2, 0.25) is 5.79 Å². The average molecular weight is 900 g/mol. The van der Waals surface area contributed by atoms with Crippen LogP contribution in [-0.4, -0.2) is 132 Å². The summed E-state index contributed by atoms with van der Waals surface area (Å²) < 4.78 is 29.3. The first-order valence-electron chi connectivity index (χ1n) is 23.5. The van der Waals surface area contributed by atoms with E-state index in [1.54, 1.807) is 41.1 Å². The van der Waals surface area contributed by atoms with Crippen molar-refractivity contribution in [1.29, 1.82) is 0 Å². The molecule has 1 aliphatic carbocycles. The van der Waals surface area contributed by atoms with E-state index < -0.39 is 77.9 Å². The third-order valence-corrected chi connectivity index (χ3v) is 14.2. The van der Waals surface area contributed by atoms with Crippen molar-refractivity contribution in [2.45, 2.75) is 180 Å². The number of amides is 1. The highest BCUT2D eigenvalue weighted by Crippen LogP contribution is 2.37. The van der Waals surface area contributed by atoms with E-state index >= 15 is 0 Å². The topological polar surface area (TPSA) is 195 Å². The summed E-state index contributed by atoms with van der Waals surface area (Å²) in [5, 5.41) is 33.7. The van der Waals surface area contributed by atoms with E-state index in [-0.39, 0.29) is 61.2 Å². The molecule has 0 unspecified atom stereocenters. The number of carbonyl (C=O) groups excluding carboxylic acids is 5. The summed E-state index contributed by atoms with van der Waals surface area (Å²) in [5.74, 6) is -7.48. The summed E-state index contributed by atoms with van der Waals surface area (Å²) >= 11 is 0. The van der Waals surface area contributed by atoms with Crippen LogP contribution in [0.2, 0.25) is 0 Å². The van der Waals surface area contributed by atoms with Crippen molar-refractivity contribution in [1.82, 2.24) is 4.90 Å². The molecule has 0 spiro atoms. The Hall–Kier alpha value is -3.37. The molecule has 2 bridgehead atoms. The molecule has 3 fully saturated rings. The summed E-state index contributed by atoms with van der Waals surface area (Å²) in [6, 6.07) is -1.14. The van der Waals surface area contributed by atoms with Crippen LogP contribution in [0.5, 0.6) is 0 Å². The molecule has 0 aromatic carbocycles. The van der Waals surface area contributed by atoms with Crippen LogP contribution in [0.4, 0.5) is 0 Å². The number of nitrogens with zero attached hydrogens (tertiary/aromatic N) is 1. The fraction of sp³-hybridized carbons (Fsp3) is 0.740. The SMILES string of the molecule is CO[C@H]1C[C@@H]2CC[C@@H](C)[C@@](O)(O2)C(=O)C(=O)N2CCCC[C@H]2C(=O)O[C@H]([C@H](C)C[C@@H]2CC[C@@H](O)[C@H](OC)C2)CC(=O)[C@H](C)/C=C(/C)[C@@H](O)[C@@H](OC)C(=O)CC[C@H](C)/C=C/C=C\C=C\1C. The zero-order valence-electron chi connectivity index (χ0n) is 39.7. The number of rotatable bonds is 6. The predicted molar refractivity (Wildman–Crippen MR) is 241 cm³/mol. The van der Waals surface area contributed by atoms with Gasteiger partial charge in [-0.1, -0.05) is 64.2 Å². The van der Waals surface area contributed by atoms with Crippen molar-refractivity contribution in [3.63, 3.8) is 0 Å². The van der Waals surface area contributed by atoms with E-state index in [0.717, 1.165) is 12.0 Å². The van der Waals surface area contributed by atoms with Crippen LogP contribution >= 0.6 is 0 Å². The molecule has 3 aliphatic heterocycles. The van der Waals surface area contributed by atoms with Crippen molar-refractivity contribution < 1.29 is 63.0 Å². The standard InChI is InChI=1S/C50H77NO13/c1-30-15-11-10-12-16-31(2)42(60-7)28-37-21-19-35(6)50(59,64-37)47(56)48(57)51-24-14-13-17-38(51)49(58)63-43(33(4)26-36-20-23-39(52)44(27-36)61-8)29-41(54)32(3)25-34(5)45(55)46(62-9)40(53)22-18-30/h10-12,15-16,25,30,32-33,35-39,42-46,52,55,59H,13-14,17-24,26-29H2,1-9H3/b12-10-,15-11+,31-16+,34-25-/t30-,32-,33-,35-,36+,37+,38+,39-,42+,43+,44-,45-,46+,50-/m1/s1. The van der Waals surface area contributed by atoms with Crippen LogP contribution < -0.4 is 0 Å². The van der Waals surface area contributed by atoms with Gasteiger partial charge in [0.15, 0.2) is 5.78 Å². The van der Waals surface area contributed by atoms with Gasteiger partial charge in [-0.05, 0) is 107 Å². The number of methoxy groups -OCH3 is 3. The van der Waals surface area contributed by atoms with Crippen molar-refractivity contribution in [2.24, 2.45) is 29.6 Å². The normalized spacial score (nSPS) is 39.7. The molecule has 2 saturated heterocycles. The number of aliphatic hydroxyl groups is 3. The minimum absolute atomic E-state index is 0.0425. The molecular weight excluding hydrogens is 823 g/mol. The second-order valence-corrected chi connectivity index (χ2v) is 19.1. The molecular formula is C50H77NO13. The maximum atomic E-state index is 14.3. The average Bonchev–Trinajstić information content (AvgIpc) is 3.27. The van der Waals surface area contributed by atoms with Crippen molar-refractivity contribution in [2.75, 3.05) is 27.9 Å². The Morgan fingerprint density at radius 1 is 0.844 bits per heavy atom. The third-order valence-electron chi connectivity index (χ3n) is 14.2. The largest absolute Gasteiger partial charge is 0.460 e. The van der Waals surface area contributed by atoms with Crippen molar-refractivity contribution >= 4 is 29.2 Å². The second kappa shape index (κ2) is 25.0. The van der Waals surface area contributed by atoms with Gasteiger partial charge in [-0.3, -0.25) is 19.2 Å². The Bertz CT molecular complexity index is 1720. The van der Waals surface area contributed by atoms with Gasteiger partial charge in [-0.15, -0.1) is 0 Å². The minimum atomic E-state index is -2.43. The monoisotopic (exact) mass is 900 g/mol. The maximum absolute atomic E-state index is 14.3. The lowest BCUT2D eigenvalue weighted by Crippen LogP contribution is -2.61. The molecule has 14 nitrogen and oxygen atoms in total. The number of hydrogen-bond donors (Lipinski definition) is 3. The first-order valence-corrected chi connectivity index (χ1v) is 23.5. The predicted octanol–water partition coefficient (Wildman–Crippen LogP) is 5.93. The number of cyclic esters (lactones) is 1. The van der Waals surface area contributed by atoms with Gasteiger partial charge < -0.3 is 43.9 Å². The number of Topliss-reactive ketones (excluding diaryl/α,β-unsaturated/α-hetero) is 3. The van der Waals surface area contributed by atoms with Crippen LogP contribution in [0.15, 0.2) is 47.6 Å². The van der Waals surface area contributed by atoms with E-state index in [9.17, 15) is 39.3 Å². The molecule has 4 rings (SSSR count). The number of fused-ring (bicyclic) bond motifs is 3. The van der Waals surface area contributed by atoms with Crippen LogP contribution in [0.1, 0.15) is 125 Å². The quantitative estimate of drug-likeness (QED) is 0.161. The molecule has 14 heteroatoms. The molecule has 1 saturated carbocycles. The second-order valence-electron chi connectivity index (χ2n) is 19.1. The highest BCUT2D eigenvalue weighted by atomic mass is 16.6. The summed E-state index contributed by atoms with van der Waals surface area (Å²) in [5.41, 5.74) is 1.27. The van der Waals surface area contributed by atoms with Crippen molar-refractivity contribution in [3.05, 3.63) is 47.6 Å². The van der Waals surface area contributed by atoms with Gasteiger partial charge in [-0.25, -0.2) is 4.79 Å². The molecule has 0 radical (unpaired) electrons. The summed E-state index contributed by atoms with van der Waals surface area (Å²) in [4.78, 5) is 71.3. The molecule has 4 aliphatic rings. The summed E-state index contributed by atoms with van der Waals surface area (Å²) in [7, 11) is 4.51. The molecule has 1 amide bonds. The Labute approximate surface area is 380 Å². The van der Waals surface area contributed by atoms with Gasteiger partial charge in [0.05, 0.1) is 24.4 Å². The Kier molecular flexibility index (Phi) is 20.8. The summed E-state index contributed by atoms with van der Waals surface area (Å²) in [6.45, 7) is 10.9. The van der Waals surface area contributed by atoms with Gasteiger partial charge in [0, 0.05) is 59.0 Å². The molecule has 0 aromatic rings. The number of ether oxygens (including phenoxy) is 5. The first-order chi connectivity index (χ1) is 30.3. The third kappa shape index (κ3) is 14.1. The molecule has 360 valence electrons. The Balaban J connectivity index is 1.68. The summed E-state index contributed by atoms with van der Waals surface area (Å²) in [6.07, 6.45) is 11.4. The first kappa shape index (κ1) is 53.2. The van der Waals surface area contributed by atoms with Gasteiger partial charge in [0.25, 0.3) is 11.7 Å². The zero-order chi connectivity index (χ0) is 47.3. The number of carbonyl (C=O) groups is 5. The molecule has 3 N–H and O–H groups in total. The highest BCUT2D eigenvalue weighted by Gasteiger charge is 2.53. The van der Waals surface area contributed by atoms with Gasteiger partial charge in [0.1, 0.15) is 30.1 Å². The molecule has 14 atom stereocenters. The number of ketones is 3. The van der Waals surface area contributed by atoms with E-state index in [1.165, 1.54) is 12.0 Å². The smallest absolute Gasteiger partial charge is 0.329 e. The number of esters is 1. The Morgan fingerprint density at radius 3 is 2.27 bits per heavy atom. The minimum Gasteiger partial charge on any atom is -0.460 e. The van der Waals surface area contributed by atoms with Crippen LogP contribution in [0.3, 0.4) is 0 Å². The van der Waals surface area contributed by atoms with Gasteiger partial charge >= 0.3 is 5.97 Å². The van der Waals surface area contributed by atoms with Crippen molar-refractivity contribution in [3.8, 4) is 0 Å². The highest BCUT2D eigenvalue weighted by molar-refractivity contribution is 6.39. The lowest BCUT2D eigenvalue weighted by molar-refractivity contribution is -0.265. The van der Waals surface area contributed by atoms with E-state index in [1.807, 2.05) is 51.2 Å². The number of aliphatic hydroxyl groups excluding tert-OH is 2. The van der Waals surface area contributed by atoms with E-state index in [2.05, 4.69) is 0 Å².